The Bertz CT molecular complexity index is 956. The second-order valence-corrected chi connectivity index (χ2v) is 7.05. The Morgan fingerprint density at radius 1 is 1.27 bits per heavy atom. The number of phenolic OH excluding ortho intramolecular Hbond substituents is 1. The molecule has 0 atom stereocenters. The summed E-state index contributed by atoms with van der Waals surface area (Å²) in [5.74, 6) is -0.205. The van der Waals surface area contributed by atoms with Gasteiger partial charge in [-0.3, -0.25) is 4.79 Å². The van der Waals surface area contributed by atoms with Gasteiger partial charge in [-0.05, 0) is 42.3 Å². The number of carbonyl (C=O) groups is 1. The first-order valence-electron chi connectivity index (χ1n) is 8.53. The Kier molecular flexibility index (Phi) is 5.73. The van der Waals surface area contributed by atoms with Crippen LogP contribution in [0.4, 0.5) is 0 Å². The molecule has 0 aliphatic rings. The summed E-state index contributed by atoms with van der Waals surface area (Å²) >= 11 is 1.67. The fraction of sp³-hybridized carbons (Fsp3) is 0.300. The van der Waals surface area contributed by atoms with E-state index in [1.807, 2.05) is 24.4 Å². The molecule has 6 heteroatoms. The van der Waals surface area contributed by atoms with Gasteiger partial charge in [0.15, 0.2) is 0 Å². The smallest absolute Gasteiger partial charge is 0.336 e. The van der Waals surface area contributed by atoms with Gasteiger partial charge >= 0.3 is 11.6 Å². The molecule has 0 saturated carbocycles. The minimum absolute atomic E-state index is 0.00780. The van der Waals surface area contributed by atoms with Crippen LogP contribution in [-0.2, 0) is 29.0 Å². The zero-order valence-electron chi connectivity index (χ0n) is 14.5. The lowest BCUT2D eigenvalue weighted by Crippen LogP contribution is -2.08. The van der Waals surface area contributed by atoms with Crippen LogP contribution in [-0.4, -0.2) is 11.1 Å². The van der Waals surface area contributed by atoms with Crippen LogP contribution in [0.3, 0.4) is 0 Å². The molecule has 0 fully saturated rings. The van der Waals surface area contributed by atoms with Crippen molar-refractivity contribution in [1.82, 2.24) is 0 Å². The minimum atomic E-state index is -0.537. The van der Waals surface area contributed by atoms with Gasteiger partial charge in [0.1, 0.15) is 17.9 Å². The van der Waals surface area contributed by atoms with Crippen molar-refractivity contribution >= 4 is 28.3 Å². The standard InChI is InChI=1S/C20H20O5S/c1-2-13-9-16-14(10-20(23)25-18(16)11-17(13)21)12-24-19(22)7-3-5-15-6-4-8-26-15/h4,6,8-11,21H,2-3,5,7,12H2,1H3. The second kappa shape index (κ2) is 8.19. The molecule has 0 spiro atoms. The van der Waals surface area contributed by atoms with Crippen molar-refractivity contribution in [2.45, 2.75) is 39.2 Å². The first kappa shape index (κ1) is 18.2. The third-order valence-electron chi connectivity index (χ3n) is 4.18. The van der Waals surface area contributed by atoms with Crippen LogP contribution in [0, 0.1) is 0 Å². The Morgan fingerprint density at radius 3 is 2.85 bits per heavy atom. The van der Waals surface area contributed by atoms with Crippen LogP contribution in [0.15, 0.2) is 44.9 Å². The molecular formula is C20H20O5S. The zero-order chi connectivity index (χ0) is 18.5. The lowest BCUT2D eigenvalue weighted by molar-refractivity contribution is -0.145. The maximum absolute atomic E-state index is 12.0. The number of rotatable bonds is 7. The van der Waals surface area contributed by atoms with Gasteiger partial charge in [-0.2, -0.15) is 0 Å². The van der Waals surface area contributed by atoms with Gasteiger partial charge in [0.2, 0.25) is 0 Å². The van der Waals surface area contributed by atoms with E-state index >= 15 is 0 Å². The fourth-order valence-electron chi connectivity index (χ4n) is 2.80. The second-order valence-electron chi connectivity index (χ2n) is 6.01. The van der Waals surface area contributed by atoms with Crippen molar-refractivity contribution in [3.8, 4) is 5.75 Å². The van der Waals surface area contributed by atoms with E-state index in [2.05, 4.69) is 0 Å². The van der Waals surface area contributed by atoms with Gasteiger partial charge in [-0.15, -0.1) is 11.3 Å². The highest BCUT2D eigenvalue weighted by atomic mass is 32.1. The Labute approximate surface area is 154 Å². The predicted molar refractivity (Wildman–Crippen MR) is 101 cm³/mol. The number of thiophene rings is 1. The van der Waals surface area contributed by atoms with Crippen molar-refractivity contribution in [1.29, 1.82) is 0 Å². The summed E-state index contributed by atoms with van der Waals surface area (Å²) in [7, 11) is 0. The SMILES string of the molecule is CCc1cc2c(COC(=O)CCCc3cccs3)cc(=O)oc2cc1O. The quantitative estimate of drug-likeness (QED) is 0.497. The van der Waals surface area contributed by atoms with Crippen molar-refractivity contribution in [2.75, 3.05) is 0 Å². The highest BCUT2D eigenvalue weighted by molar-refractivity contribution is 7.09. The highest BCUT2D eigenvalue weighted by Crippen LogP contribution is 2.27. The normalized spacial score (nSPS) is 11.0. The molecule has 0 unspecified atom stereocenters. The largest absolute Gasteiger partial charge is 0.508 e. The number of fused-ring (bicyclic) bond motifs is 1. The summed E-state index contributed by atoms with van der Waals surface area (Å²) in [4.78, 5) is 25.0. The number of esters is 1. The summed E-state index contributed by atoms with van der Waals surface area (Å²) in [6.45, 7) is 1.93. The molecule has 0 saturated heterocycles. The molecule has 2 heterocycles. The summed E-state index contributed by atoms with van der Waals surface area (Å²) in [5, 5.41) is 12.6. The number of ether oxygens (including phenoxy) is 1. The molecular weight excluding hydrogens is 352 g/mol. The number of carbonyl (C=O) groups excluding carboxylic acids is 1. The van der Waals surface area contributed by atoms with E-state index in [9.17, 15) is 14.7 Å². The molecule has 0 amide bonds. The lowest BCUT2D eigenvalue weighted by Gasteiger charge is -2.09. The minimum Gasteiger partial charge on any atom is -0.508 e. The van der Waals surface area contributed by atoms with E-state index in [1.165, 1.54) is 17.0 Å². The maximum atomic E-state index is 12.0. The number of aromatic hydroxyl groups is 1. The van der Waals surface area contributed by atoms with E-state index in [-0.39, 0.29) is 23.9 Å². The third-order valence-corrected chi connectivity index (χ3v) is 5.12. The molecule has 136 valence electrons. The van der Waals surface area contributed by atoms with Crippen LogP contribution >= 0.6 is 11.3 Å². The maximum Gasteiger partial charge on any atom is 0.336 e. The van der Waals surface area contributed by atoms with E-state index in [0.29, 0.717) is 23.8 Å². The summed E-state index contributed by atoms with van der Waals surface area (Å²) in [6, 6.07) is 8.58. The van der Waals surface area contributed by atoms with Gasteiger partial charge in [0.05, 0.1) is 0 Å². The first-order chi connectivity index (χ1) is 12.6. The van der Waals surface area contributed by atoms with Gasteiger partial charge in [0.25, 0.3) is 0 Å². The Hall–Kier alpha value is -2.60. The first-order valence-corrected chi connectivity index (χ1v) is 9.41. The monoisotopic (exact) mass is 372 g/mol. The number of hydrogen-bond donors (Lipinski definition) is 1. The van der Waals surface area contributed by atoms with Crippen LogP contribution in [0.25, 0.3) is 11.0 Å². The summed E-state index contributed by atoms with van der Waals surface area (Å²) in [6.07, 6.45) is 2.55. The van der Waals surface area contributed by atoms with E-state index in [1.54, 1.807) is 17.4 Å². The van der Waals surface area contributed by atoms with Gasteiger partial charge < -0.3 is 14.3 Å². The predicted octanol–water partition coefficient (Wildman–Crippen LogP) is 4.19. The van der Waals surface area contributed by atoms with E-state index < -0.39 is 5.63 Å². The molecule has 26 heavy (non-hydrogen) atoms. The Balaban J connectivity index is 1.67. The van der Waals surface area contributed by atoms with Crippen molar-refractivity contribution < 1.29 is 19.1 Å². The lowest BCUT2D eigenvalue weighted by atomic mass is 10.0. The van der Waals surface area contributed by atoms with Gasteiger partial charge in [-0.1, -0.05) is 13.0 Å². The molecule has 3 aromatic rings. The molecule has 0 aliphatic heterocycles. The number of aryl methyl sites for hydroxylation is 2. The van der Waals surface area contributed by atoms with Crippen LogP contribution in [0.1, 0.15) is 35.8 Å². The number of benzene rings is 1. The van der Waals surface area contributed by atoms with Crippen molar-refractivity contribution in [2.24, 2.45) is 0 Å². The molecule has 0 radical (unpaired) electrons. The topological polar surface area (TPSA) is 76.7 Å². The zero-order valence-corrected chi connectivity index (χ0v) is 15.3. The average molecular weight is 372 g/mol. The van der Waals surface area contributed by atoms with E-state index in [0.717, 1.165) is 18.4 Å². The molecule has 5 nitrogen and oxygen atoms in total. The third kappa shape index (κ3) is 4.32. The molecule has 3 rings (SSSR count). The van der Waals surface area contributed by atoms with E-state index in [4.69, 9.17) is 9.15 Å². The van der Waals surface area contributed by atoms with Crippen molar-refractivity contribution in [3.05, 3.63) is 62.1 Å². The Morgan fingerprint density at radius 2 is 2.12 bits per heavy atom. The fourth-order valence-corrected chi connectivity index (χ4v) is 3.55. The van der Waals surface area contributed by atoms with Crippen LogP contribution < -0.4 is 5.63 Å². The van der Waals surface area contributed by atoms with Gasteiger partial charge in [-0.25, -0.2) is 4.79 Å². The molecule has 2 aromatic heterocycles. The number of phenols is 1. The summed E-state index contributed by atoms with van der Waals surface area (Å²) in [5.41, 5.74) is 1.08. The molecule has 1 N–H and O–H groups in total. The molecule has 1 aromatic carbocycles. The van der Waals surface area contributed by atoms with Crippen LogP contribution in [0.2, 0.25) is 0 Å². The molecule has 0 bridgehead atoms. The van der Waals surface area contributed by atoms with Crippen LogP contribution in [0.5, 0.6) is 5.75 Å². The summed E-state index contributed by atoms with van der Waals surface area (Å²) < 4.78 is 10.5. The van der Waals surface area contributed by atoms with Crippen molar-refractivity contribution in [3.63, 3.8) is 0 Å². The number of hydrogen-bond acceptors (Lipinski definition) is 6. The highest BCUT2D eigenvalue weighted by Gasteiger charge is 2.12. The molecule has 0 aliphatic carbocycles. The van der Waals surface area contributed by atoms with Gasteiger partial charge in [0, 0.05) is 34.4 Å². The average Bonchev–Trinajstić information content (AvgIpc) is 3.12.